The molecule has 2 N–H and O–H groups in total. The van der Waals surface area contributed by atoms with Crippen LogP contribution in [0, 0.1) is 5.41 Å². The summed E-state index contributed by atoms with van der Waals surface area (Å²) in [6, 6.07) is 16.8. The molecule has 0 radical (unpaired) electrons. The Balaban J connectivity index is 1.73. The number of sulfonamides is 1. The van der Waals surface area contributed by atoms with Crippen molar-refractivity contribution in [1.82, 2.24) is 9.55 Å². The van der Waals surface area contributed by atoms with E-state index in [4.69, 9.17) is 4.74 Å². The Kier molecular flexibility index (Phi) is 8.17. The van der Waals surface area contributed by atoms with Gasteiger partial charge in [0.15, 0.2) is 5.03 Å². The number of aromatic nitrogens is 2. The summed E-state index contributed by atoms with van der Waals surface area (Å²) < 4.78 is 36.2. The molecule has 1 aromatic heterocycles. The number of nitrogens with one attached hydrogen (secondary N) is 1. The fourth-order valence-electron chi connectivity index (χ4n) is 5.74. The van der Waals surface area contributed by atoms with E-state index in [1.165, 1.54) is 12.5 Å². The molecule has 8 nitrogen and oxygen atoms in total. The van der Waals surface area contributed by atoms with Gasteiger partial charge in [-0.2, -0.15) is 8.42 Å². The molecule has 40 heavy (non-hydrogen) atoms. The minimum atomic E-state index is -3.91. The maximum Gasteiger partial charge on any atom is 0.338 e. The largest absolute Gasteiger partial charge is 0.512 e. The highest BCUT2D eigenvalue weighted by Gasteiger charge is 2.49. The van der Waals surface area contributed by atoms with Crippen molar-refractivity contribution in [3.8, 4) is 0 Å². The van der Waals surface area contributed by atoms with Crippen LogP contribution in [0.1, 0.15) is 76.8 Å². The molecule has 3 atom stereocenters. The van der Waals surface area contributed by atoms with Crippen LogP contribution in [-0.4, -0.2) is 34.6 Å². The molecule has 0 saturated carbocycles. The number of hydrogen-bond acceptors (Lipinski definition) is 6. The molecule has 9 heteroatoms. The molecule has 1 aliphatic rings. The monoisotopic (exact) mass is 565 g/mol. The second kappa shape index (κ2) is 11.1. The number of carbonyl (C=O) groups excluding carboxylic acids is 1. The summed E-state index contributed by atoms with van der Waals surface area (Å²) in [5, 5.41) is 11.5. The van der Waals surface area contributed by atoms with Gasteiger partial charge in [-0.1, -0.05) is 83.5 Å². The normalized spacial score (nSPS) is 19.7. The number of carbonyl (C=O) groups is 1. The van der Waals surface area contributed by atoms with E-state index in [1.807, 2.05) is 71.0 Å². The first-order valence-corrected chi connectivity index (χ1v) is 15.1. The summed E-state index contributed by atoms with van der Waals surface area (Å²) in [5.74, 6) is -1.20. The fourth-order valence-corrected chi connectivity index (χ4v) is 6.77. The molecule has 3 unspecified atom stereocenters. The van der Waals surface area contributed by atoms with Crippen molar-refractivity contribution in [2.24, 2.45) is 12.5 Å². The van der Waals surface area contributed by atoms with Gasteiger partial charge < -0.3 is 14.4 Å². The second-order valence-corrected chi connectivity index (χ2v) is 13.4. The lowest BCUT2D eigenvalue weighted by Crippen LogP contribution is -2.46. The van der Waals surface area contributed by atoms with E-state index in [2.05, 4.69) is 9.71 Å². The number of hydrogen-bond donors (Lipinski definition) is 2. The number of ether oxygens (including phenoxy) is 1. The molecule has 0 amide bonds. The van der Waals surface area contributed by atoms with Gasteiger partial charge in [0.25, 0.3) is 10.0 Å². The number of imidazole rings is 1. The number of aliphatic hydroxyl groups excluding tert-OH is 1. The molecule has 3 aromatic rings. The van der Waals surface area contributed by atoms with Crippen LogP contribution in [0.15, 0.2) is 83.5 Å². The van der Waals surface area contributed by atoms with Gasteiger partial charge in [0.1, 0.15) is 11.4 Å². The van der Waals surface area contributed by atoms with Gasteiger partial charge in [-0.05, 0) is 35.1 Å². The third-order valence-electron chi connectivity index (χ3n) is 7.64. The Morgan fingerprint density at radius 3 is 2.38 bits per heavy atom. The standard InChI is InChI=1S/C31H39N3O5S/c1-7-16-31(21(2)22-12-9-8-10-13-22)18-25(35)27(29(36)39-31)28(30(3,4)5)23-14-11-15-24(17-23)33-40(37,38)26-19-34(6)20-32-26/h8-15,17,19-21,28,33,35H,7,16,18H2,1-6H3. The van der Waals surface area contributed by atoms with Crippen LogP contribution in [-0.2, 0) is 26.6 Å². The second-order valence-electron chi connectivity index (χ2n) is 11.8. The number of cyclic esters (lactones) is 1. The van der Waals surface area contributed by atoms with Crippen LogP contribution >= 0.6 is 0 Å². The van der Waals surface area contributed by atoms with Crippen molar-refractivity contribution in [1.29, 1.82) is 0 Å². The third-order valence-corrected chi connectivity index (χ3v) is 8.90. The van der Waals surface area contributed by atoms with E-state index in [0.29, 0.717) is 17.7 Å². The lowest BCUT2D eigenvalue weighted by molar-refractivity contribution is -0.163. The number of aryl methyl sites for hydroxylation is 1. The fraction of sp³-hybridized carbons (Fsp3) is 0.419. The van der Waals surface area contributed by atoms with E-state index >= 15 is 0 Å². The zero-order valence-electron chi connectivity index (χ0n) is 24.0. The zero-order valence-corrected chi connectivity index (χ0v) is 24.8. The Hall–Kier alpha value is -3.59. The molecule has 0 fully saturated rings. The van der Waals surface area contributed by atoms with E-state index in [1.54, 1.807) is 29.8 Å². The molecule has 1 aliphatic heterocycles. The lowest BCUT2D eigenvalue weighted by Gasteiger charge is -2.44. The minimum Gasteiger partial charge on any atom is -0.512 e. The van der Waals surface area contributed by atoms with Gasteiger partial charge in [0.2, 0.25) is 0 Å². The molecule has 0 saturated heterocycles. The maximum atomic E-state index is 13.8. The van der Waals surface area contributed by atoms with E-state index in [-0.39, 0.29) is 28.7 Å². The van der Waals surface area contributed by atoms with Crippen LogP contribution < -0.4 is 4.72 Å². The van der Waals surface area contributed by atoms with Crippen LogP contribution in [0.25, 0.3) is 0 Å². The topological polar surface area (TPSA) is 111 Å². The summed E-state index contributed by atoms with van der Waals surface area (Å²) in [7, 11) is -2.22. The number of esters is 1. The highest BCUT2D eigenvalue weighted by atomic mass is 32.2. The van der Waals surface area contributed by atoms with Gasteiger partial charge in [0, 0.05) is 37.2 Å². The summed E-state index contributed by atoms with van der Waals surface area (Å²) >= 11 is 0. The number of benzene rings is 2. The Labute approximate surface area is 237 Å². The van der Waals surface area contributed by atoms with Crippen molar-refractivity contribution in [2.45, 2.75) is 76.3 Å². The lowest BCUT2D eigenvalue weighted by atomic mass is 9.69. The van der Waals surface area contributed by atoms with Crippen LogP contribution in [0.3, 0.4) is 0 Å². The molecule has 0 bridgehead atoms. The first-order valence-electron chi connectivity index (χ1n) is 13.6. The molecule has 2 aromatic carbocycles. The van der Waals surface area contributed by atoms with E-state index in [9.17, 15) is 18.3 Å². The average Bonchev–Trinajstić information content (AvgIpc) is 3.33. The Morgan fingerprint density at radius 1 is 1.12 bits per heavy atom. The first-order chi connectivity index (χ1) is 18.8. The average molecular weight is 566 g/mol. The van der Waals surface area contributed by atoms with Crippen LogP contribution in [0.2, 0.25) is 0 Å². The van der Waals surface area contributed by atoms with Crippen LogP contribution in [0.5, 0.6) is 0 Å². The van der Waals surface area contributed by atoms with Crippen molar-refractivity contribution in [2.75, 3.05) is 4.72 Å². The first kappa shape index (κ1) is 29.4. The smallest absolute Gasteiger partial charge is 0.338 e. The molecular formula is C31H39N3O5S. The van der Waals surface area contributed by atoms with Crippen molar-refractivity contribution in [3.63, 3.8) is 0 Å². The molecule has 214 valence electrons. The molecule has 0 spiro atoms. The number of anilines is 1. The van der Waals surface area contributed by atoms with Crippen LogP contribution in [0.4, 0.5) is 5.69 Å². The minimum absolute atomic E-state index is 0.0203. The summed E-state index contributed by atoms with van der Waals surface area (Å²) in [6.45, 7) is 10.0. The van der Waals surface area contributed by atoms with Crippen molar-refractivity contribution in [3.05, 3.63) is 89.6 Å². The van der Waals surface area contributed by atoms with Gasteiger partial charge in [-0.25, -0.2) is 9.78 Å². The predicted octanol–water partition coefficient (Wildman–Crippen LogP) is 6.45. The SMILES string of the molecule is CCCC1(C(C)c2ccccc2)CC(O)=C(C(c2cccc(NS(=O)(=O)c3cn(C)cn3)c2)C(C)(C)C)C(=O)O1. The summed E-state index contributed by atoms with van der Waals surface area (Å²) in [6.07, 6.45) is 4.44. The maximum absolute atomic E-state index is 13.8. The number of aliphatic hydroxyl groups is 1. The number of rotatable bonds is 9. The Morgan fingerprint density at radius 2 is 1.80 bits per heavy atom. The molecular weight excluding hydrogens is 526 g/mol. The molecule has 2 heterocycles. The van der Waals surface area contributed by atoms with Crippen molar-refractivity contribution < 1.29 is 23.1 Å². The van der Waals surface area contributed by atoms with Gasteiger partial charge in [-0.3, -0.25) is 4.72 Å². The number of nitrogens with zero attached hydrogens (tertiary/aromatic N) is 2. The Bertz CT molecular complexity index is 1500. The molecule has 0 aliphatic carbocycles. The summed E-state index contributed by atoms with van der Waals surface area (Å²) in [4.78, 5) is 17.8. The summed E-state index contributed by atoms with van der Waals surface area (Å²) in [5.41, 5.74) is 0.899. The van der Waals surface area contributed by atoms with Crippen molar-refractivity contribution >= 4 is 21.7 Å². The predicted molar refractivity (Wildman–Crippen MR) is 156 cm³/mol. The highest BCUT2D eigenvalue weighted by molar-refractivity contribution is 7.92. The highest BCUT2D eigenvalue weighted by Crippen LogP contribution is 2.49. The molecule has 4 rings (SSSR count). The van der Waals surface area contributed by atoms with Gasteiger partial charge in [-0.15, -0.1) is 0 Å². The zero-order chi connectivity index (χ0) is 29.3. The van der Waals surface area contributed by atoms with Gasteiger partial charge >= 0.3 is 5.97 Å². The van der Waals surface area contributed by atoms with E-state index < -0.39 is 32.9 Å². The van der Waals surface area contributed by atoms with Gasteiger partial charge in [0.05, 0.1) is 11.9 Å². The quantitative estimate of drug-likeness (QED) is 0.289. The van der Waals surface area contributed by atoms with E-state index in [0.717, 1.165) is 12.0 Å². The third kappa shape index (κ3) is 5.94.